The first-order chi connectivity index (χ1) is 24.3. The summed E-state index contributed by atoms with van der Waals surface area (Å²) in [6.07, 6.45) is 8.74. The van der Waals surface area contributed by atoms with Gasteiger partial charge in [-0.25, -0.2) is 15.0 Å². The third-order valence-electron chi connectivity index (χ3n) is 10.4. The van der Waals surface area contributed by atoms with Gasteiger partial charge in [-0.2, -0.15) is 0 Å². The van der Waals surface area contributed by atoms with Crippen LogP contribution in [0.2, 0.25) is 0 Å². The Bertz CT molecular complexity index is 2030. The Morgan fingerprint density at radius 2 is 1.73 bits per heavy atom. The molecule has 0 saturated carbocycles. The second kappa shape index (κ2) is 13.7. The molecule has 4 N–H and O–H groups in total. The summed E-state index contributed by atoms with van der Waals surface area (Å²) in [7, 11) is 2.49. The highest BCUT2D eigenvalue weighted by Gasteiger charge is 2.49. The van der Waals surface area contributed by atoms with E-state index in [-0.39, 0.29) is 30.6 Å². The first kappa shape index (κ1) is 35.5. The predicted molar refractivity (Wildman–Crippen MR) is 193 cm³/mol. The number of hydrogen-bond donors (Lipinski definition) is 3. The Morgan fingerprint density at radius 1 is 1.02 bits per heavy atom. The molecule has 5 heterocycles. The Balaban J connectivity index is 1.53. The summed E-state index contributed by atoms with van der Waals surface area (Å²) < 4.78 is 15.2. The van der Waals surface area contributed by atoms with Gasteiger partial charge in [0.25, 0.3) is 0 Å². The third-order valence-corrected chi connectivity index (χ3v) is 10.4. The van der Waals surface area contributed by atoms with Gasteiger partial charge in [0.1, 0.15) is 24.3 Å². The van der Waals surface area contributed by atoms with Crippen molar-refractivity contribution in [3.8, 4) is 0 Å². The van der Waals surface area contributed by atoms with E-state index in [1.807, 2.05) is 39.0 Å². The zero-order chi connectivity index (χ0) is 36.9. The average molecular weight is 694 g/mol. The fourth-order valence-corrected chi connectivity index (χ4v) is 7.52. The van der Waals surface area contributed by atoms with Crippen LogP contribution in [0.1, 0.15) is 53.9 Å². The van der Waals surface area contributed by atoms with Crippen molar-refractivity contribution in [3.05, 3.63) is 104 Å². The molecule has 0 aromatic rings. The molecule has 0 amide bonds. The molecule has 6 rings (SSSR count). The molecule has 0 aromatic heterocycles. The molecule has 8 bridgehead atoms. The van der Waals surface area contributed by atoms with E-state index in [0.717, 1.165) is 57.2 Å². The van der Waals surface area contributed by atoms with Crippen molar-refractivity contribution in [3.63, 3.8) is 0 Å². The van der Waals surface area contributed by atoms with Gasteiger partial charge in [-0.1, -0.05) is 26.5 Å². The molecule has 1 aliphatic carbocycles. The molecule has 266 valence electrons. The molecule has 1 fully saturated rings. The van der Waals surface area contributed by atoms with Crippen LogP contribution in [0.4, 0.5) is 0 Å². The zero-order valence-electron chi connectivity index (χ0n) is 30.0. The lowest BCUT2D eigenvalue weighted by atomic mass is 9.84. The topological polar surface area (TPSA) is 174 Å². The molecule has 0 spiro atoms. The number of aliphatic imine (C=N–C) groups is 3. The lowest BCUT2D eigenvalue weighted by molar-refractivity contribution is -0.149. The van der Waals surface area contributed by atoms with Gasteiger partial charge in [0.2, 0.25) is 0 Å². The number of carbonyl (C=O) groups is 3. The van der Waals surface area contributed by atoms with E-state index in [0.29, 0.717) is 40.2 Å². The molecule has 0 aromatic carbocycles. The van der Waals surface area contributed by atoms with Gasteiger partial charge in [-0.15, -0.1) is 0 Å². The van der Waals surface area contributed by atoms with Crippen LogP contribution in [0.5, 0.6) is 0 Å². The monoisotopic (exact) mass is 693 g/mol. The van der Waals surface area contributed by atoms with Gasteiger partial charge in [0, 0.05) is 46.4 Å². The molecule has 0 radical (unpaired) electrons. The van der Waals surface area contributed by atoms with Crippen LogP contribution in [-0.2, 0) is 28.6 Å². The van der Waals surface area contributed by atoms with Crippen LogP contribution in [0.3, 0.4) is 0 Å². The number of esters is 3. The number of nitrogens with two attached hydrogens (primary N) is 1. The number of hydrogen-bond acceptors (Lipinski definition) is 12. The Morgan fingerprint density at radius 3 is 2.39 bits per heavy atom. The van der Waals surface area contributed by atoms with E-state index in [4.69, 9.17) is 30.2 Å². The minimum atomic E-state index is -1.13. The maximum Gasteiger partial charge on any atom is 0.326 e. The summed E-state index contributed by atoms with van der Waals surface area (Å²) in [6, 6.07) is -1.10. The molecule has 1 saturated heterocycles. The summed E-state index contributed by atoms with van der Waals surface area (Å²) in [5.74, 6) is -3.67. The number of rotatable bonds is 9. The van der Waals surface area contributed by atoms with Crippen molar-refractivity contribution in [1.29, 1.82) is 0 Å². The first-order valence-corrected chi connectivity index (χ1v) is 17.0. The molecule has 12 nitrogen and oxygen atoms in total. The minimum absolute atomic E-state index is 0.0100. The van der Waals surface area contributed by atoms with Gasteiger partial charge in [-0.05, 0) is 74.1 Å². The highest BCUT2D eigenvalue weighted by atomic mass is 16.5. The summed E-state index contributed by atoms with van der Waals surface area (Å²) in [4.78, 5) is 53.2. The van der Waals surface area contributed by atoms with E-state index in [1.54, 1.807) is 6.08 Å². The fraction of sp³-hybridized carbons (Fsp3) is 0.385. The molecule has 0 unspecified atom stereocenters. The average Bonchev–Trinajstić information content (AvgIpc) is 3.86. The number of aliphatic hydroxyl groups is 1. The highest BCUT2D eigenvalue weighted by molar-refractivity contribution is 6.24. The van der Waals surface area contributed by atoms with Gasteiger partial charge in [-0.3, -0.25) is 14.4 Å². The highest BCUT2D eigenvalue weighted by Crippen LogP contribution is 2.49. The quantitative estimate of drug-likeness (QED) is 0.220. The van der Waals surface area contributed by atoms with E-state index in [1.165, 1.54) is 14.2 Å². The molecule has 6 aliphatic rings. The van der Waals surface area contributed by atoms with E-state index in [2.05, 4.69) is 30.5 Å². The van der Waals surface area contributed by atoms with Gasteiger partial charge >= 0.3 is 17.9 Å². The predicted octanol–water partition coefficient (Wildman–Crippen LogP) is 5.07. The van der Waals surface area contributed by atoms with Crippen molar-refractivity contribution in [1.82, 2.24) is 5.32 Å². The second-order valence-electron chi connectivity index (χ2n) is 13.2. The number of methoxy groups -OCH3 is 2. The summed E-state index contributed by atoms with van der Waals surface area (Å²) >= 11 is 0. The summed E-state index contributed by atoms with van der Waals surface area (Å²) in [6.45, 7) is 13.8. The largest absolute Gasteiger partial charge is 0.510 e. The van der Waals surface area contributed by atoms with Crippen LogP contribution >= 0.6 is 0 Å². The third kappa shape index (κ3) is 5.97. The van der Waals surface area contributed by atoms with E-state index < -0.39 is 29.9 Å². The number of carbonyl (C=O) groups excluding carboxylic acids is 3. The lowest BCUT2D eigenvalue weighted by Gasteiger charge is -2.20. The van der Waals surface area contributed by atoms with Crippen molar-refractivity contribution >= 4 is 35.0 Å². The van der Waals surface area contributed by atoms with Crippen LogP contribution in [0.15, 0.2) is 119 Å². The van der Waals surface area contributed by atoms with Crippen molar-refractivity contribution in [2.45, 2.75) is 59.9 Å². The van der Waals surface area contributed by atoms with Gasteiger partial charge in [0.05, 0.1) is 48.4 Å². The SMILES string of the molecule is C=CC1=C(C)C2=NC1=CC1=NC(=CC3=C(C)C4=C(O)[C@H](C(=O)OC)C(=C5NC(=C2)[C@@H](C)[C@@H]5CCC(=O)OC[C@H](N)C(=O)OC)C4=N3)C(CC)=C1C. The van der Waals surface area contributed by atoms with Crippen LogP contribution in [0, 0.1) is 17.8 Å². The molecule has 51 heavy (non-hydrogen) atoms. The van der Waals surface area contributed by atoms with Crippen LogP contribution < -0.4 is 11.1 Å². The van der Waals surface area contributed by atoms with Gasteiger partial charge in [0.15, 0.2) is 0 Å². The standard InChI is InChI=1S/C39H43N5O7/c1-9-21-17(3)25-13-27-19(5)23(11-12-31(45)51-16-24(40)38(47)49-7)35(43-27)33-34(39(48)50-8)37(46)32-20(6)28(44-36(32)33)15-30-22(10-2)18(4)26(42-30)14-29(21)41-25/h9,13-15,19,23-24,34,43,46H,1,10-12,16,40H2,2-8H3/t19-,23-,24-,34+/m0/s1. The second-order valence-corrected chi connectivity index (χ2v) is 13.2. The van der Waals surface area contributed by atoms with Gasteiger partial charge < -0.3 is 30.4 Å². The van der Waals surface area contributed by atoms with Crippen molar-refractivity contribution in [2.24, 2.45) is 38.5 Å². The lowest BCUT2D eigenvalue weighted by Crippen LogP contribution is -2.36. The zero-order valence-corrected chi connectivity index (χ0v) is 30.0. The Labute approximate surface area is 297 Å². The first-order valence-electron chi connectivity index (χ1n) is 17.0. The number of fused-ring (bicyclic) bond motifs is 5. The Kier molecular flexibility index (Phi) is 9.56. The smallest absolute Gasteiger partial charge is 0.326 e. The summed E-state index contributed by atoms with van der Waals surface area (Å²) in [5, 5.41) is 15.3. The van der Waals surface area contributed by atoms with Crippen LogP contribution in [0.25, 0.3) is 0 Å². The molecule has 4 atom stereocenters. The number of ether oxygens (including phenoxy) is 3. The van der Waals surface area contributed by atoms with E-state index >= 15 is 0 Å². The number of aliphatic hydroxyl groups excluding tert-OH is 1. The van der Waals surface area contributed by atoms with Crippen molar-refractivity contribution < 1.29 is 33.7 Å². The van der Waals surface area contributed by atoms with Crippen LogP contribution in [-0.4, -0.2) is 67.0 Å². The number of nitrogens with zero attached hydrogens (tertiary/aromatic N) is 3. The number of allylic oxidation sites excluding steroid dienone is 11. The van der Waals surface area contributed by atoms with E-state index in [9.17, 15) is 19.5 Å². The summed E-state index contributed by atoms with van der Waals surface area (Å²) in [5.41, 5.74) is 17.0. The normalized spacial score (nSPS) is 24.2. The Hall–Kier alpha value is -5.36. The molecule has 5 aliphatic heterocycles. The molecular formula is C39H43N5O7. The minimum Gasteiger partial charge on any atom is -0.510 e. The fourth-order valence-electron chi connectivity index (χ4n) is 7.52. The maximum absolute atomic E-state index is 13.4. The maximum atomic E-state index is 13.4. The van der Waals surface area contributed by atoms with Crippen molar-refractivity contribution in [2.75, 3.05) is 20.8 Å². The number of nitrogens with one attached hydrogen (secondary N) is 1. The molecule has 12 heteroatoms. The molecular weight excluding hydrogens is 650 g/mol.